The maximum absolute atomic E-state index is 11.0. The Bertz CT molecular complexity index is 465. The van der Waals surface area contributed by atoms with E-state index in [4.69, 9.17) is 5.11 Å². The number of rotatable bonds is 3. The van der Waals surface area contributed by atoms with Gasteiger partial charge in [-0.15, -0.1) is 0 Å². The second kappa shape index (κ2) is 5.61. The average molecular weight is 262 g/mol. The quantitative estimate of drug-likeness (QED) is 0.907. The molecular weight excluding hydrogens is 240 g/mol. The maximum atomic E-state index is 11.0. The van der Waals surface area contributed by atoms with Crippen molar-refractivity contribution >= 4 is 11.7 Å². The van der Waals surface area contributed by atoms with Crippen LogP contribution < -0.4 is 4.90 Å². The number of nitrogens with zero attached hydrogens (tertiary/aromatic N) is 2. The molecule has 104 valence electrons. The summed E-state index contributed by atoms with van der Waals surface area (Å²) < 4.78 is 0. The zero-order valence-corrected chi connectivity index (χ0v) is 11.9. The predicted molar refractivity (Wildman–Crippen MR) is 77.1 cm³/mol. The zero-order valence-electron chi connectivity index (χ0n) is 11.9. The number of piperidine rings is 1. The van der Waals surface area contributed by atoms with Gasteiger partial charge in [-0.3, -0.25) is 0 Å². The van der Waals surface area contributed by atoms with Gasteiger partial charge in [0.05, 0.1) is 5.56 Å². The first-order valence-corrected chi connectivity index (χ1v) is 6.74. The van der Waals surface area contributed by atoms with Crippen LogP contribution in [0.5, 0.6) is 0 Å². The summed E-state index contributed by atoms with van der Waals surface area (Å²) in [5.74, 6) is -0.864. The molecule has 0 spiro atoms. The van der Waals surface area contributed by atoms with E-state index in [1.54, 1.807) is 12.1 Å². The van der Waals surface area contributed by atoms with Crippen LogP contribution in [-0.2, 0) is 0 Å². The fourth-order valence-corrected chi connectivity index (χ4v) is 2.76. The summed E-state index contributed by atoms with van der Waals surface area (Å²) in [6, 6.07) is 5.92. The smallest absolute Gasteiger partial charge is 0.335 e. The Morgan fingerprint density at radius 1 is 1.37 bits per heavy atom. The van der Waals surface area contributed by atoms with Gasteiger partial charge in [0.25, 0.3) is 0 Å². The first kappa shape index (κ1) is 13.9. The molecule has 4 nitrogen and oxygen atoms in total. The number of anilines is 1. The summed E-state index contributed by atoms with van der Waals surface area (Å²) in [6.45, 7) is 4.23. The number of carbonyl (C=O) groups is 1. The molecule has 0 bridgehead atoms. The van der Waals surface area contributed by atoms with Gasteiger partial charge >= 0.3 is 5.97 Å². The monoisotopic (exact) mass is 262 g/mol. The Morgan fingerprint density at radius 2 is 2.00 bits per heavy atom. The first-order chi connectivity index (χ1) is 8.99. The Balaban J connectivity index is 2.15. The van der Waals surface area contributed by atoms with Gasteiger partial charge in [-0.25, -0.2) is 4.79 Å². The SMILES string of the molecule is Cc1cc(C(=O)O)ccc1N(C)C1CCN(C)CC1. The molecule has 1 aliphatic heterocycles. The van der Waals surface area contributed by atoms with Crippen LogP contribution in [0.4, 0.5) is 5.69 Å². The van der Waals surface area contributed by atoms with Crippen molar-refractivity contribution in [2.75, 3.05) is 32.1 Å². The fraction of sp³-hybridized carbons (Fsp3) is 0.533. The van der Waals surface area contributed by atoms with Crippen LogP contribution >= 0.6 is 0 Å². The summed E-state index contributed by atoms with van der Waals surface area (Å²) in [5.41, 5.74) is 2.53. The second-order valence-electron chi connectivity index (χ2n) is 5.45. The van der Waals surface area contributed by atoms with E-state index in [1.807, 2.05) is 13.0 Å². The van der Waals surface area contributed by atoms with Crippen molar-refractivity contribution in [2.24, 2.45) is 0 Å². The van der Waals surface area contributed by atoms with E-state index in [2.05, 4.69) is 23.9 Å². The molecule has 19 heavy (non-hydrogen) atoms. The molecule has 0 radical (unpaired) electrons. The van der Waals surface area contributed by atoms with Gasteiger partial charge < -0.3 is 14.9 Å². The van der Waals surface area contributed by atoms with Crippen molar-refractivity contribution in [2.45, 2.75) is 25.8 Å². The molecule has 1 heterocycles. The summed E-state index contributed by atoms with van der Waals surface area (Å²) in [4.78, 5) is 15.6. The highest BCUT2D eigenvalue weighted by molar-refractivity contribution is 5.88. The minimum Gasteiger partial charge on any atom is -0.478 e. The molecule has 1 aliphatic rings. The summed E-state index contributed by atoms with van der Waals surface area (Å²) in [6.07, 6.45) is 2.32. The lowest BCUT2D eigenvalue weighted by Crippen LogP contribution is -2.42. The first-order valence-electron chi connectivity index (χ1n) is 6.74. The standard InChI is InChI=1S/C15H22N2O2/c1-11-10-12(15(18)19)4-5-14(11)17(3)13-6-8-16(2)9-7-13/h4-5,10,13H,6-9H2,1-3H3,(H,18,19). The topological polar surface area (TPSA) is 43.8 Å². The predicted octanol–water partition coefficient (Wildman–Crippen LogP) is 2.22. The molecule has 4 heteroatoms. The molecule has 0 saturated carbocycles. The highest BCUT2D eigenvalue weighted by atomic mass is 16.4. The highest BCUT2D eigenvalue weighted by Gasteiger charge is 2.21. The van der Waals surface area contributed by atoms with E-state index in [9.17, 15) is 4.79 Å². The molecule has 0 aromatic heterocycles. The molecule has 1 saturated heterocycles. The molecule has 2 rings (SSSR count). The molecule has 0 unspecified atom stereocenters. The lowest BCUT2D eigenvalue weighted by Gasteiger charge is -2.37. The number of carboxylic acid groups (broad SMARTS) is 1. The Hall–Kier alpha value is -1.55. The van der Waals surface area contributed by atoms with Crippen LogP contribution in [0.3, 0.4) is 0 Å². The van der Waals surface area contributed by atoms with Crippen LogP contribution in [0, 0.1) is 6.92 Å². The third-order valence-electron chi connectivity index (χ3n) is 4.06. The number of benzene rings is 1. The van der Waals surface area contributed by atoms with E-state index in [0.29, 0.717) is 11.6 Å². The maximum Gasteiger partial charge on any atom is 0.335 e. The Labute approximate surface area is 114 Å². The summed E-state index contributed by atoms with van der Waals surface area (Å²) in [7, 11) is 4.27. The van der Waals surface area contributed by atoms with Crippen LogP contribution in [0.2, 0.25) is 0 Å². The van der Waals surface area contributed by atoms with Crippen molar-refractivity contribution in [1.29, 1.82) is 0 Å². The molecule has 1 aromatic carbocycles. The van der Waals surface area contributed by atoms with E-state index in [-0.39, 0.29) is 0 Å². The number of carboxylic acids is 1. The third-order valence-corrected chi connectivity index (χ3v) is 4.06. The minimum absolute atomic E-state index is 0.359. The Kier molecular flexibility index (Phi) is 4.10. The molecule has 1 aromatic rings. The summed E-state index contributed by atoms with van der Waals surface area (Å²) in [5, 5.41) is 9.00. The Morgan fingerprint density at radius 3 is 2.53 bits per heavy atom. The normalized spacial score (nSPS) is 17.4. The third kappa shape index (κ3) is 3.07. The van der Waals surface area contributed by atoms with Crippen molar-refractivity contribution in [3.05, 3.63) is 29.3 Å². The minimum atomic E-state index is -0.864. The van der Waals surface area contributed by atoms with Gasteiger partial charge in [0.1, 0.15) is 0 Å². The lowest BCUT2D eigenvalue weighted by molar-refractivity contribution is 0.0697. The highest BCUT2D eigenvalue weighted by Crippen LogP contribution is 2.25. The van der Waals surface area contributed by atoms with Gasteiger partial charge in [-0.2, -0.15) is 0 Å². The number of likely N-dealkylation sites (tertiary alicyclic amines) is 1. The molecule has 0 aliphatic carbocycles. The van der Waals surface area contributed by atoms with Gasteiger partial charge in [0, 0.05) is 18.8 Å². The van der Waals surface area contributed by atoms with Crippen LogP contribution in [-0.4, -0.2) is 49.2 Å². The van der Waals surface area contributed by atoms with Gasteiger partial charge in [0.2, 0.25) is 0 Å². The summed E-state index contributed by atoms with van der Waals surface area (Å²) >= 11 is 0. The lowest BCUT2D eigenvalue weighted by atomic mass is 10.0. The molecule has 1 N–H and O–H groups in total. The van der Waals surface area contributed by atoms with Crippen molar-refractivity contribution in [3.8, 4) is 0 Å². The van der Waals surface area contributed by atoms with E-state index in [1.165, 1.54) is 0 Å². The molecule has 1 fully saturated rings. The van der Waals surface area contributed by atoms with E-state index >= 15 is 0 Å². The molecular formula is C15H22N2O2. The van der Waals surface area contributed by atoms with Crippen molar-refractivity contribution < 1.29 is 9.90 Å². The number of hydrogen-bond donors (Lipinski definition) is 1. The van der Waals surface area contributed by atoms with Gasteiger partial charge in [-0.1, -0.05) is 0 Å². The van der Waals surface area contributed by atoms with Crippen LogP contribution in [0.15, 0.2) is 18.2 Å². The van der Waals surface area contributed by atoms with Crippen LogP contribution in [0.1, 0.15) is 28.8 Å². The fourth-order valence-electron chi connectivity index (χ4n) is 2.76. The zero-order chi connectivity index (χ0) is 14.0. The van der Waals surface area contributed by atoms with Crippen molar-refractivity contribution in [1.82, 2.24) is 4.90 Å². The van der Waals surface area contributed by atoms with Gasteiger partial charge in [0.15, 0.2) is 0 Å². The molecule has 0 amide bonds. The number of aryl methyl sites for hydroxylation is 1. The largest absolute Gasteiger partial charge is 0.478 e. The average Bonchev–Trinajstić information content (AvgIpc) is 2.38. The number of aromatic carboxylic acids is 1. The van der Waals surface area contributed by atoms with E-state index in [0.717, 1.165) is 37.2 Å². The number of hydrogen-bond acceptors (Lipinski definition) is 3. The second-order valence-corrected chi connectivity index (χ2v) is 5.45. The van der Waals surface area contributed by atoms with Crippen LogP contribution in [0.25, 0.3) is 0 Å². The van der Waals surface area contributed by atoms with E-state index < -0.39 is 5.97 Å². The van der Waals surface area contributed by atoms with Crippen molar-refractivity contribution in [3.63, 3.8) is 0 Å². The molecule has 0 atom stereocenters. The van der Waals surface area contributed by atoms with Gasteiger partial charge in [-0.05, 0) is 63.7 Å².